The minimum atomic E-state index is -0.420. The van der Waals surface area contributed by atoms with Crippen molar-refractivity contribution in [2.45, 2.75) is 13.0 Å². The molecule has 4 nitrogen and oxygen atoms in total. The van der Waals surface area contributed by atoms with E-state index in [0.29, 0.717) is 6.54 Å². The van der Waals surface area contributed by atoms with Crippen LogP contribution in [0.2, 0.25) is 0 Å². The van der Waals surface area contributed by atoms with Gasteiger partial charge in [-0.2, -0.15) is 0 Å². The number of anilines is 1. The summed E-state index contributed by atoms with van der Waals surface area (Å²) in [5.41, 5.74) is 1.85. The predicted octanol–water partition coefficient (Wildman–Crippen LogP) is 2.08. The number of ether oxygens (including phenoxy) is 1. The number of carbonyl (C=O) groups excluding carboxylic acids is 1. The Morgan fingerprint density at radius 1 is 1.62 bits per heavy atom. The molecule has 0 aromatic heterocycles. The zero-order chi connectivity index (χ0) is 11.7. The molecule has 1 amide bonds. The fraction of sp³-hybridized carbons (Fsp3) is 0.364. The zero-order valence-corrected chi connectivity index (χ0v) is 10.4. The molecular formula is C11H12BrNO3. The summed E-state index contributed by atoms with van der Waals surface area (Å²) in [6, 6.07) is 5.65. The molecular weight excluding hydrogens is 274 g/mol. The van der Waals surface area contributed by atoms with Crippen molar-refractivity contribution in [3.05, 3.63) is 28.2 Å². The smallest absolute Gasteiger partial charge is 0.414 e. The molecule has 1 saturated heterocycles. The van der Waals surface area contributed by atoms with Crippen LogP contribution in [-0.2, 0) is 4.74 Å². The minimum absolute atomic E-state index is 0.141. The number of aliphatic hydroxyl groups is 1. The van der Waals surface area contributed by atoms with Crippen molar-refractivity contribution in [2.75, 3.05) is 18.1 Å². The fourth-order valence-electron chi connectivity index (χ4n) is 1.62. The highest BCUT2D eigenvalue weighted by atomic mass is 79.9. The van der Waals surface area contributed by atoms with Crippen LogP contribution in [0.1, 0.15) is 5.56 Å². The first-order valence-electron chi connectivity index (χ1n) is 4.97. The highest BCUT2D eigenvalue weighted by Gasteiger charge is 2.31. The zero-order valence-electron chi connectivity index (χ0n) is 8.81. The predicted molar refractivity (Wildman–Crippen MR) is 63.6 cm³/mol. The van der Waals surface area contributed by atoms with Crippen LogP contribution in [0, 0.1) is 6.92 Å². The van der Waals surface area contributed by atoms with Gasteiger partial charge < -0.3 is 9.84 Å². The van der Waals surface area contributed by atoms with Gasteiger partial charge in [0.1, 0.15) is 6.10 Å². The summed E-state index contributed by atoms with van der Waals surface area (Å²) in [6.07, 6.45) is -0.822. The quantitative estimate of drug-likeness (QED) is 0.905. The van der Waals surface area contributed by atoms with Gasteiger partial charge in [-0.05, 0) is 30.7 Å². The van der Waals surface area contributed by atoms with Gasteiger partial charge in [0, 0.05) is 10.2 Å². The molecule has 0 saturated carbocycles. The van der Waals surface area contributed by atoms with Crippen LogP contribution in [0.5, 0.6) is 0 Å². The number of hydrogen-bond donors (Lipinski definition) is 1. The van der Waals surface area contributed by atoms with Gasteiger partial charge in [-0.25, -0.2) is 4.79 Å². The van der Waals surface area contributed by atoms with Crippen LogP contribution < -0.4 is 4.90 Å². The van der Waals surface area contributed by atoms with Crippen LogP contribution in [-0.4, -0.2) is 30.5 Å². The topological polar surface area (TPSA) is 49.8 Å². The Morgan fingerprint density at radius 3 is 2.94 bits per heavy atom. The second-order valence-corrected chi connectivity index (χ2v) is 4.59. The molecule has 1 fully saturated rings. The summed E-state index contributed by atoms with van der Waals surface area (Å²) in [5.74, 6) is 0. The number of halogens is 1. The summed E-state index contributed by atoms with van der Waals surface area (Å²) in [7, 11) is 0. The molecule has 0 spiro atoms. The number of amides is 1. The van der Waals surface area contributed by atoms with E-state index in [-0.39, 0.29) is 6.61 Å². The largest absolute Gasteiger partial charge is 0.441 e. The van der Waals surface area contributed by atoms with E-state index < -0.39 is 12.2 Å². The van der Waals surface area contributed by atoms with Crippen molar-refractivity contribution in [1.82, 2.24) is 0 Å². The molecule has 0 radical (unpaired) electrons. The van der Waals surface area contributed by atoms with Crippen molar-refractivity contribution in [1.29, 1.82) is 0 Å². The molecule has 1 aromatic carbocycles. The van der Waals surface area contributed by atoms with E-state index in [2.05, 4.69) is 15.9 Å². The van der Waals surface area contributed by atoms with Gasteiger partial charge in [0.25, 0.3) is 0 Å². The third kappa shape index (κ3) is 2.05. The maximum absolute atomic E-state index is 11.5. The number of aryl methyl sites for hydroxylation is 1. The highest BCUT2D eigenvalue weighted by Crippen LogP contribution is 2.26. The standard InChI is InChI=1S/C11H12BrNO3/c1-7-4-8(2-3-10(7)12)13-5-9(6-14)16-11(13)15/h2-4,9,14H,5-6H2,1H3/t9-/m1/s1. The Bertz CT molecular complexity index is 422. The molecule has 86 valence electrons. The molecule has 0 aliphatic carbocycles. The molecule has 1 heterocycles. The van der Waals surface area contributed by atoms with Crippen molar-refractivity contribution in [3.63, 3.8) is 0 Å². The third-order valence-electron chi connectivity index (χ3n) is 2.53. The Morgan fingerprint density at radius 2 is 2.38 bits per heavy atom. The summed E-state index contributed by atoms with van der Waals surface area (Å²) in [5, 5.41) is 8.94. The van der Waals surface area contributed by atoms with Gasteiger partial charge in [-0.15, -0.1) is 0 Å². The van der Waals surface area contributed by atoms with E-state index in [9.17, 15) is 4.79 Å². The van der Waals surface area contributed by atoms with Crippen molar-refractivity contribution in [3.8, 4) is 0 Å². The van der Waals surface area contributed by atoms with Crippen molar-refractivity contribution < 1.29 is 14.6 Å². The Kier molecular flexibility index (Phi) is 3.16. The summed E-state index contributed by atoms with van der Waals surface area (Å²) < 4.78 is 5.98. The normalized spacial score (nSPS) is 20.1. The lowest BCUT2D eigenvalue weighted by Gasteiger charge is -2.13. The molecule has 0 bridgehead atoms. The Labute approximate surface area is 102 Å². The van der Waals surface area contributed by atoms with Gasteiger partial charge >= 0.3 is 6.09 Å². The maximum atomic E-state index is 11.5. The van der Waals surface area contributed by atoms with E-state index >= 15 is 0 Å². The first kappa shape index (κ1) is 11.4. The maximum Gasteiger partial charge on any atom is 0.414 e. The molecule has 1 aromatic rings. The number of rotatable bonds is 2. The van der Waals surface area contributed by atoms with E-state index in [0.717, 1.165) is 15.7 Å². The first-order valence-corrected chi connectivity index (χ1v) is 5.76. The van der Waals surface area contributed by atoms with Crippen LogP contribution in [0.4, 0.5) is 10.5 Å². The molecule has 0 unspecified atom stereocenters. The Hall–Kier alpha value is -1.07. The van der Waals surface area contributed by atoms with Crippen LogP contribution >= 0.6 is 15.9 Å². The van der Waals surface area contributed by atoms with Gasteiger partial charge in [0.05, 0.1) is 13.2 Å². The second-order valence-electron chi connectivity index (χ2n) is 3.73. The molecule has 5 heteroatoms. The van der Waals surface area contributed by atoms with Gasteiger partial charge in [0.15, 0.2) is 0 Å². The van der Waals surface area contributed by atoms with E-state index in [1.807, 2.05) is 25.1 Å². The average Bonchev–Trinajstić information content (AvgIpc) is 2.64. The third-order valence-corrected chi connectivity index (χ3v) is 3.42. The van der Waals surface area contributed by atoms with Crippen LogP contribution in [0.3, 0.4) is 0 Å². The summed E-state index contributed by atoms with van der Waals surface area (Å²) in [4.78, 5) is 13.0. The lowest BCUT2D eigenvalue weighted by atomic mass is 10.2. The van der Waals surface area contributed by atoms with Gasteiger partial charge in [0.2, 0.25) is 0 Å². The first-order chi connectivity index (χ1) is 7.61. The van der Waals surface area contributed by atoms with Crippen molar-refractivity contribution in [2.24, 2.45) is 0 Å². The fourth-order valence-corrected chi connectivity index (χ4v) is 1.87. The summed E-state index contributed by atoms with van der Waals surface area (Å²) >= 11 is 3.40. The molecule has 1 aliphatic heterocycles. The van der Waals surface area contributed by atoms with Crippen molar-refractivity contribution >= 4 is 27.7 Å². The Balaban J connectivity index is 2.24. The van der Waals surface area contributed by atoms with E-state index in [4.69, 9.17) is 9.84 Å². The second kappa shape index (κ2) is 4.43. The summed E-state index contributed by atoms with van der Waals surface area (Å²) in [6.45, 7) is 2.21. The van der Waals surface area contributed by atoms with Gasteiger partial charge in [-0.1, -0.05) is 15.9 Å². The number of benzene rings is 1. The van der Waals surface area contributed by atoms with E-state index in [1.54, 1.807) is 0 Å². The average molecular weight is 286 g/mol. The number of carbonyl (C=O) groups is 1. The van der Waals surface area contributed by atoms with Gasteiger partial charge in [-0.3, -0.25) is 4.90 Å². The molecule has 1 atom stereocenters. The number of nitrogens with zero attached hydrogens (tertiary/aromatic N) is 1. The minimum Gasteiger partial charge on any atom is -0.441 e. The lowest BCUT2D eigenvalue weighted by molar-refractivity contribution is 0.0963. The highest BCUT2D eigenvalue weighted by molar-refractivity contribution is 9.10. The monoisotopic (exact) mass is 285 g/mol. The lowest BCUT2D eigenvalue weighted by Crippen LogP contribution is -2.25. The molecule has 16 heavy (non-hydrogen) atoms. The molecule has 1 N–H and O–H groups in total. The van der Waals surface area contributed by atoms with Crippen LogP contribution in [0.15, 0.2) is 22.7 Å². The molecule has 2 rings (SSSR count). The van der Waals surface area contributed by atoms with E-state index in [1.165, 1.54) is 4.90 Å². The SMILES string of the molecule is Cc1cc(N2C[C@H](CO)OC2=O)ccc1Br. The number of aliphatic hydroxyl groups excluding tert-OH is 1. The number of hydrogen-bond acceptors (Lipinski definition) is 3. The van der Waals surface area contributed by atoms with Crippen LogP contribution in [0.25, 0.3) is 0 Å². The number of cyclic esters (lactones) is 1. The molecule has 1 aliphatic rings.